The SMILES string of the molecule is CO[SiH](OC)C(NC(C)N)C(C)C. The summed E-state index contributed by atoms with van der Waals surface area (Å²) in [5, 5.41) is 3.27. The van der Waals surface area contributed by atoms with E-state index < -0.39 is 9.28 Å². The molecule has 3 N–H and O–H groups in total. The Bertz CT molecular complexity index is 129. The molecule has 2 unspecified atom stereocenters. The Morgan fingerprint density at radius 2 is 1.62 bits per heavy atom. The second-order valence-corrected chi connectivity index (χ2v) is 5.96. The van der Waals surface area contributed by atoms with Gasteiger partial charge in [0.05, 0.1) is 11.8 Å². The van der Waals surface area contributed by atoms with Crippen LogP contribution in [0.1, 0.15) is 20.8 Å². The van der Waals surface area contributed by atoms with Gasteiger partial charge in [-0.1, -0.05) is 13.8 Å². The summed E-state index contributed by atoms with van der Waals surface area (Å²) in [6, 6.07) is 0. The van der Waals surface area contributed by atoms with Crippen molar-refractivity contribution in [2.45, 2.75) is 32.6 Å². The molecule has 2 atom stereocenters. The number of hydrogen-bond acceptors (Lipinski definition) is 4. The number of nitrogens with two attached hydrogens (primary N) is 1. The number of rotatable bonds is 6. The van der Waals surface area contributed by atoms with Gasteiger partial charge in [-0.25, -0.2) is 0 Å². The van der Waals surface area contributed by atoms with Crippen LogP contribution in [0.3, 0.4) is 0 Å². The summed E-state index contributed by atoms with van der Waals surface area (Å²) in [6.07, 6.45) is -0.0206. The lowest BCUT2D eigenvalue weighted by molar-refractivity contribution is 0.240. The van der Waals surface area contributed by atoms with Crippen LogP contribution >= 0.6 is 0 Å². The Hall–Kier alpha value is 0.0569. The fourth-order valence-corrected chi connectivity index (χ4v) is 3.15. The van der Waals surface area contributed by atoms with Gasteiger partial charge in [-0.05, 0) is 12.8 Å². The summed E-state index contributed by atoms with van der Waals surface area (Å²) in [6.45, 7) is 6.20. The Morgan fingerprint density at radius 1 is 1.15 bits per heavy atom. The first-order valence-electron chi connectivity index (χ1n) is 4.60. The average molecular weight is 206 g/mol. The van der Waals surface area contributed by atoms with E-state index >= 15 is 0 Å². The summed E-state index contributed by atoms with van der Waals surface area (Å²) in [4.78, 5) is 0. The zero-order valence-corrected chi connectivity index (χ0v) is 10.4. The molecule has 0 saturated heterocycles. The molecule has 5 heteroatoms. The largest absolute Gasteiger partial charge is 0.399 e. The van der Waals surface area contributed by atoms with Crippen molar-refractivity contribution in [2.24, 2.45) is 11.7 Å². The molecule has 0 aromatic carbocycles. The van der Waals surface area contributed by atoms with Gasteiger partial charge in [0.25, 0.3) is 0 Å². The molecule has 13 heavy (non-hydrogen) atoms. The normalized spacial score (nSPS) is 16.6. The summed E-state index contributed by atoms with van der Waals surface area (Å²) in [5.74, 6) is 0.475. The third kappa shape index (κ3) is 4.73. The highest BCUT2D eigenvalue weighted by atomic mass is 28.3. The van der Waals surface area contributed by atoms with Gasteiger partial charge in [0.15, 0.2) is 0 Å². The van der Waals surface area contributed by atoms with Crippen molar-refractivity contribution in [3.05, 3.63) is 0 Å². The first-order chi connectivity index (χ1) is 6.02. The molecule has 0 aromatic rings. The highest BCUT2D eigenvalue weighted by Gasteiger charge is 2.27. The first kappa shape index (κ1) is 13.1. The Labute approximate surface area is 82.6 Å². The minimum Gasteiger partial charge on any atom is -0.399 e. The maximum absolute atomic E-state index is 5.68. The van der Waals surface area contributed by atoms with E-state index in [9.17, 15) is 0 Å². The molecular formula is C8H22N2O2Si. The molecular weight excluding hydrogens is 184 g/mol. The van der Waals surface area contributed by atoms with E-state index in [-0.39, 0.29) is 11.8 Å². The lowest BCUT2D eigenvalue weighted by Gasteiger charge is -2.28. The molecule has 0 aliphatic heterocycles. The monoisotopic (exact) mass is 206 g/mol. The van der Waals surface area contributed by atoms with Crippen LogP contribution in [0, 0.1) is 5.92 Å². The van der Waals surface area contributed by atoms with Crippen LogP contribution in [0.2, 0.25) is 0 Å². The summed E-state index contributed by atoms with van der Waals surface area (Å²) < 4.78 is 10.6. The van der Waals surface area contributed by atoms with Crippen molar-refractivity contribution < 1.29 is 8.85 Å². The molecule has 0 rings (SSSR count). The molecule has 0 aliphatic rings. The van der Waals surface area contributed by atoms with Crippen LogP contribution < -0.4 is 11.1 Å². The summed E-state index contributed by atoms with van der Waals surface area (Å²) >= 11 is 0. The standard InChI is InChI=1S/C8H22N2O2Si/c1-6(2)8(10-7(3)9)13(11-4)12-5/h6-8,10,13H,9H2,1-5H3. The molecule has 0 bridgehead atoms. The molecule has 0 amide bonds. The number of nitrogens with one attached hydrogen (secondary N) is 1. The molecule has 0 saturated carbocycles. The van der Waals surface area contributed by atoms with Crippen molar-refractivity contribution in [1.29, 1.82) is 0 Å². The van der Waals surface area contributed by atoms with Gasteiger partial charge in [0, 0.05) is 14.2 Å². The lowest BCUT2D eigenvalue weighted by Crippen LogP contribution is -2.54. The van der Waals surface area contributed by atoms with E-state index in [0.717, 1.165) is 0 Å². The molecule has 0 heterocycles. The Balaban J connectivity index is 4.21. The van der Waals surface area contributed by atoms with Crippen molar-refractivity contribution >= 4 is 9.28 Å². The van der Waals surface area contributed by atoms with Crippen LogP contribution in [0.15, 0.2) is 0 Å². The molecule has 4 nitrogen and oxygen atoms in total. The van der Waals surface area contributed by atoms with Gasteiger partial charge < -0.3 is 14.6 Å². The zero-order chi connectivity index (χ0) is 10.4. The Kier molecular flexibility index (Phi) is 6.53. The molecule has 0 fully saturated rings. The molecule has 0 aliphatic carbocycles. The molecule has 80 valence electrons. The van der Waals surface area contributed by atoms with Crippen molar-refractivity contribution in [3.8, 4) is 0 Å². The highest BCUT2D eigenvalue weighted by molar-refractivity contribution is 6.46. The second kappa shape index (κ2) is 6.50. The molecule has 0 spiro atoms. The predicted octanol–water partition coefficient (Wildman–Crippen LogP) is -0.0422. The minimum absolute atomic E-state index is 0.0206. The zero-order valence-electron chi connectivity index (χ0n) is 9.20. The van der Waals surface area contributed by atoms with Gasteiger partial charge in [-0.2, -0.15) is 0 Å². The van der Waals surface area contributed by atoms with Crippen molar-refractivity contribution in [3.63, 3.8) is 0 Å². The smallest absolute Gasteiger partial charge is 0.338 e. The Morgan fingerprint density at radius 3 is 1.85 bits per heavy atom. The van der Waals surface area contributed by atoms with Gasteiger partial charge in [0.2, 0.25) is 0 Å². The van der Waals surface area contributed by atoms with Crippen molar-refractivity contribution in [2.75, 3.05) is 14.2 Å². The highest BCUT2D eigenvalue weighted by Crippen LogP contribution is 2.07. The van der Waals surface area contributed by atoms with Crippen LogP contribution in [0.25, 0.3) is 0 Å². The van der Waals surface area contributed by atoms with Gasteiger partial charge in [-0.15, -0.1) is 0 Å². The van der Waals surface area contributed by atoms with Crippen LogP contribution in [-0.2, 0) is 8.85 Å². The fraction of sp³-hybridized carbons (Fsp3) is 1.00. The van der Waals surface area contributed by atoms with Gasteiger partial charge >= 0.3 is 9.28 Å². The predicted molar refractivity (Wildman–Crippen MR) is 56.6 cm³/mol. The minimum atomic E-state index is -1.61. The maximum Gasteiger partial charge on any atom is 0.338 e. The van der Waals surface area contributed by atoms with E-state index in [1.807, 2.05) is 6.92 Å². The van der Waals surface area contributed by atoms with Crippen LogP contribution in [0.5, 0.6) is 0 Å². The van der Waals surface area contributed by atoms with Gasteiger partial charge in [-0.3, -0.25) is 5.32 Å². The quantitative estimate of drug-likeness (QED) is 0.473. The van der Waals surface area contributed by atoms with E-state index in [1.165, 1.54) is 0 Å². The average Bonchev–Trinajstić information content (AvgIpc) is 2.04. The van der Waals surface area contributed by atoms with Crippen LogP contribution in [0.4, 0.5) is 0 Å². The molecule has 0 aromatic heterocycles. The topological polar surface area (TPSA) is 56.5 Å². The summed E-state index contributed by atoms with van der Waals surface area (Å²) in [7, 11) is 1.77. The van der Waals surface area contributed by atoms with Crippen LogP contribution in [-0.4, -0.2) is 35.3 Å². The first-order valence-corrected chi connectivity index (χ1v) is 6.21. The third-order valence-electron chi connectivity index (χ3n) is 1.93. The third-order valence-corrected chi connectivity index (χ3v) is 4.41. The van der Waals surface area contributed by atoms with E-state index in [2.05, 4.69) is 19.2 Å². The van der Waals surface area contributed by atoms with Crippen molar-refractivity contribution in [1.82, 2.24) is 5.32 Å². The van der Waals surface area contributed by atoms with E-state index in [4.69, 9.17) is 14.6 Å². The number of hydrogen-bond donors (Lipinski definition) is 2. The fourth-order valence-electron chi connectivity index (χ4n) is 1.28. The van der Waals surface area contributed by atoms with Gasteiger partial charge in [0.1, 0.15) is 0 Å². The second-order valence-electron chi connectivity index (χ2n) is 3.56. The maximum atomic E-state index is 5.68. The summed E-state index contributed by atoms with van der Waals surface area (Å²) in [5.41, 5.74) is 5.94. The molecule has 0 radical (unpaired) electrons. The lowest BCUT2D eigenvalue weighted by atomic mass is 10.2. The van der Waals surface area contributed by atoms with E-state index in [0.29, 0.717) is 5.92 Å². The van der Waals surface area contributed by atoms with E-state index in [1.54, 1.807) is 14.2 Å².